The highest BCUT2D eigenvalue weighted by Crippen LogP contribution is 1.87. The summed E-state index contributed by atoms with van der Waals surface area (Å²) in [7, 11) is 0. The molecule has 0 aliphatic heterocycles. The summed E-state index contributed by atoms with van der Waals surface area (Å²) in [6.07, 6.45) is 3.40. The molecule has 0 fully saturated rings. The zero-order chi connectivity index (χ0) is 8.69. The molecule has 0 saturated carbocycles. The Morgan fingerprint density at radius 3 is 2.73 bits per heavy atom. The zero-order valence-corrected chi connectivity index (χ0v) is 6.89. The Balaban J connectivity index is 4.12. The van der Waals surface area contributed by atoms with Gasteiger partial charge in [-0.2, -0.15) is 0 Å². The molecule has 2 heteroatoms. The van der Waals surface area contributed by atoms with Crippen molar-refractivity contribution < 1.29 is 0 Å². The van der Waals surface area contributed by atoms with Crippen LogP contribution < -0.4 is 5.73 Å². The Kier molecular flexibility index (Phi) is 4.59. The van der Waals surface area contributed by atoms with E-state index in [2.05, 4.69) is 23.4 Å². The van der Waals surface area contributed by atoms with E-state index in [9.17, 15) is 0 Å². The summed E-state index contributed by atoms with van der Waals surface area (Å²) >= 11 is 0. The van der Waals surface area contributed by atoms with Crippen LogP contribution in [-0.4, -0.2) is 6.21 Å². The highest BCUT2D eigenvalue weighted by molar-refractivity contribution is 5.79. The van der Waals surface area contributed by atoms with Crippen LogP contribution in [0.4, 0.5) is 0 Å². The standard InChI is InChI=1S/C9H12N2/c1-4-5-6-8(2)7-11-9(3)10/h6-7H,3,10H2,1-2H3/b8-6+,11-7?. The van der Waals surface area contributed by atoms with Crippen LogP contribution in [0.5, 0.6) is 0 Å². The van der Waals surface area contributed by atoms with E-state index in [0.717, 1.165) is 5.57 Å². The molecule has 0 unspecified atom stereocenters. The Labute approximate surface area is 67.5 Å². The molecule has 0 saturated heterocycles. The van der Waals surface area contributed by atoms with E-state index in [1.54, 1.807) is 19.2 Å². The van der Waals surface area contributed by atoms with Gasteiger partial charge in [0.2, 0.25) is 0 Å². The topological polar surface area (TPSA) is 38.4 Å². The van der Waals surface area contributed by atoms with Crippen molar-refractivity contribution in [3.63, 3.8) is 0 Å². The predicted molar refractivity (Wildman–Crippen MR) is 49.0 cm³/mol. The third kappa shape index (κ3) is 6.39. The lowest BCUT2D eigenvalue weighted by Crippen LogP contribution is -1.90. The molecule has 0 aliphatic rings. The van der Waals surface area contributed by atoms with Gasteiger partial charge in [0.1, 0.15) is 5.82 Å². The van der Waals surface area contributed by atoms with Gasteiger partial charge in [-0.3, -0.25) is 0 Å². The highest BCUT2D eigenvalue weighted by Gasteiger charge is 1.78. The average Bonchev–Trinajstić information content (AvgIpc) is 1.97. The maximum Gasteiger partial charge on any atom is 0.115 e. The van der Waals surface area contributed by atoms with Crippen LogP contribution >= 0.6 is 0 Å². The molecule has 0 amide bonds. The van der Waals surface area contributed by atoms with Crippen molar-refractivity contribution >= 4 is 6.21 Å². The summed E-state index contributed by atoms with van der Waals surface area (Å²) < 4.78 is 0. The monoisotopic (exact) mass is 148 g/mol. The normalized spacial score (nSPS) is 10.9. The number of nitrogens with two attached hydrogens (primary N) is 1. The molecule has 11 heavy (non-hydrogen) atoms. The Hall–Kier alpha value is -1.49. The van der Waals surface area contributed by atoms with Crippen LogP contribution in [0.25, 0.3) is 0 Å². The van der Waals surface area contributed by atoms with Gasteiger partial charge in [0, 0.05) is 6.21 Å². The third-order valence-corrected chi connectivity index (χ3v) is 0.878. The van der Waals surface area contributed by atoms with Crippen molar-refractivity contribution in [3.8, 4) is 11.8 Å². The fourth-order valence-corrected chi connectivity index (χ4v) is 0.408. The maximum absolute atomic E-state index is 5.21. The SMILES string of the molecule is C=C(N)N=C/C(C)=C/C#CC. The molecule has 2 nitrogen and oxygen atoms in total. The summed E-state index contributed by atoms with van der Waals surface area (Å²) in [4.78, 5) is 3.80. The van der Waals surface area contributed by atoms with Gasteiger partial charge in [0.25, 0.3) is 0 Å². The number of hydrogen-bond acceptors (Lipinski definition) is 2. The molecule has 0 radical (unpaired) electrons. The summed E-state index contributed by atoms with van der Waals surface area (Å²) in [5, 5.41) is 0. The minimum atomic E-state index is 0.308. The molecule has 0 rings (SSSR count). The minimum Gasteiger partial charge on any atom is -0.384 e. The second kappa shape index (κ2) is 5.31. The molecule has 0 atom stereocenters. The quantitative estimate of drug-likeness (QED) is 0.467. The summed E-state index contributed by atoms with van der Waals surface area (Å²) in [5.74, 6) is 5.85. The molecular formula is C9H12N2. The Bertz CT molecular complexity index is 248. The minimum absolute atomic E-state index is 0.308. The maximum atomic E-state index is 5.21. The lowest BCUT2D eigenvalue weighted by Gasteiger charge is -1.87. The van der Waals surface area contributed by atoms with Crippen LogP contribution in [0, 0.1) is 11.8 Å². The number of nitrogens with zero attached hydrogens (tertiary/aromatic N) is 1. The Morgan fingerprint density at radius 2 is 2.27 bits per heavy atom. The fraction of sp³-hybridized carbons (Fsp3) is 0.222. The molecular weight excluding hydrogens is 136 g/mol. The van der Waals surface area contributed by atoms with Crippen molar-refractivity contribution in [3.05, 3.63) is 24.0 Å². The Morgan fingerprint density at radius 1 is 1.64 bits per heavy atom. The van der Waals surface area contributed by atoms with E-state index >= 15 is 0 Å². The highest BCUT2D eigenvalue weighted by atomic mass is 14.9. The van der Waals surface area contributed by atoms with Crippen LogP contribution in [0.15, 0.2) is 29.0 Å². The van der Waals surface area contributed by atoms with Crippen LogP contribution in [-0.2, 0) is 0 Å². The van der Waals surface area contributed by atoms with E-state index in [-0.39, 0.29) is 0 Å². The second-order valence-corrected chi connectivity index (χ2v) is 2.03. The first-order valence-electron chi connectivity index (χ1n) is 3.24. The van der Waals surface area contributed by atoms with E-state index in [1.807, 2.05) is 6.92 Å². The predicted octanol–water partition coefficient (Wildman–Crippen LogP) is 1.46. The van der Waals surface area contributed by atoms with Gasteiger partial charge in [-0.15, -0.1) is 5.92 Å². The molecule has 2 N–H and O–H groups in total. The van der Waals surface area contributed by atoms with Crippen molar-refractivity contribution in [2.24, 2.45) is 10.7 Å². The number of hydrogen-bond donors (Lipinski definition) is 1. The summed E-state index contributed by atoms with van der Waals surface area (Å²) in [6.45, 7) is 7.10. The summed E-state index contributed by atoms with van der Waals surface area (Å²) in [5.41, 5.74) is 6.18. The fourth-order valence-electron chi connectivity index (χ4n) is 0.408. The van der Waals surface area contributed by atoms with E-state index in [4.69, 9.17) is 5.73 Å². The number of aliphatic imine (C=N–C) groups is 1. The lowest BCUT2D eigenvalue weighted by molar-refractivity contribution is 1.27. The molecule has 0 aromatic heterocycles. The van der Waals surface area contributed by atoms with E-state index in [1.165, 1.54) is 0 Å². The molecule has 0 aliphatic carbocycles. The molecule has 0 heterocycles. The van der Waals surface area contributed by atoms with Gasteiger partial charge in [0.05, 0.1) is 0 Å². The van der Waals surface area contributed by atoms with Crippen molar-refractivity contribution in [1.29, 1.82) is 0 Å². The van der Waals surface area contributed by atoms with Crippen molar-refractivity contribution in [2.75, 3.05) is 0 Å². The largest absolute Gasteiger partial charge is 0.384 e. The van der Waals surface area contributed by atoms with Gasteiger partial charge in [-0.05, 0) is 25.5 Å². The molecule has 0 bridgehead atoms. The van der Waals surface area contributed by atoms with Crippen molar-refractivity contribution in [2.45, 2.75) is 13.8 Å². The van der Waals surface area contributed by atoms with E-state index < -0.39 is 0 Å². The third-order valence-electron chi connectivity index (χ3n) is 0.878. The van der Waals surface area contributed by atoms with Crippen LogP contribution in [0.3, 0.4) is 0 Å². The van der Waals surface area contributed by atoms with E-state index in [0.29, 0.717) is 5.82 Å². The molecule has 0 aromatic carbocycles. The smallest absolute Gasteiger partial charge is 0.115 e. The van der Waals surface area contributed by atoms with Crippen LogP contribution in [0.1, 0.15) is 13.8 Å². The van der Waals surface area contributed by atoms with Gasteiger partial charge >= 0.3 is 0 Å². The molecule has 0 aromatic rings. The number of rotatable bonds is 2. The zero-order valence-electron chi connectivity index (χ0n) is 6.89. The summed E-state index contributed by atoms with van der Waals surface area (Å²) in [6, 6.07) is 0. The van der Waals surface area contributed by atoms with Gasteiger partial charge in [0.15, 0.2) is 0 Å². The first-order chi connectivity index (χ1) is 5.16. The molecule has 58 valence electrons. The van der Waals surface area contributed by atoms with Crippen molar-refractivity contribution in [1.82, 2.24) is 0 Å². The van der Waals surface area contributed by atoms with Gasteiger partial charge in [-0.1, -0.05) is 12.5 Å². The van der Waals surface area contributed by atoms with Gasteiger partial charge < -0.3 is 5.73 Å². The molecule has 0 spiro atoms. The first-order valence-corrected chi connectivity index (χ1v) is 3.24. The second-order valence-electron chi connectivity index (χ2n) is 2.03. The van der Waals surface area contributed by atoms with Crippen LogP contribution in [0.2, 0.25) is 0 Å². The van der Waals surface area contributed by atoms with Gasteiger partial charge in [-0.25, -0.2) is 4.99 Å². The lowest BCUT2D eigenvalue weighted by atomic mass is 10.3. The first kappa shape index (κ1) is 9.51. The number of allylic oxidation sites excluding steroid dienone is 2. The average molecular weight is 148 g/mol.